The second-order valence-corrected chi connectivity index (χ2v) is 4.13. The van der Waals surface area contributed by atoms with E-state index in [9.17, 15) is 4.79 Å². The summed E-state index contributed by atoms with van der Waals surface area (Å²) in [5, 5.41) is 8.49. The summed E-state index contributed by atoms with van der Waals surface area (Å²) >= 11 is 0. The molecular weight excluding hydrogens is 178 g/mol. The monoisotopic (exact) mass is 201 g/mol. The molecule has 0 amide bonds. The molecule has 0 heterocycles. The van der Waals surface area contributed by atoms with E-state index >= 15 is 0 Å². The van der Waals surface area contributed by atoms with E-state index in [2.05, 4.69) is 13.8 Å². The van der Waals surface area contributed by atoms with Crippen LogP contribution in [0.1, 0.15) is 52.4 Å². The second kappa shape index (κ2) is 6.82. The molecular formula is C11H23NO2. The summed E-state index contributed by atoms with van der Waals surface area (Å²) in [5.41, 5.74) is 5.42. The van der Waals surface area contributed by atoms with Crippen molar-refractivity contribution in [3.63, 3.8) is 0 Å². The highest BCUT2D eigenvalue weighted by Gasteiger charge is 2.37. The Morgan fingerprint density at radius 3 is 1.93 bits per heavy atom. The molecule has 0 aromatic heterocycles. The van der Waals surface area contributed by atoms with Crippen LogP contribution in [0.25, 0.3) is 0 Å². The Morgan fingerprint density at radius 1 is 1.36 bits per heavy atom. The van der Waals surface area contributed by atoms with Crippen LogP contribution in [0.15, 0.2) is 0 Å². The molecule has 0 bridgehead atoms. The number of aliphatic carboxylic acids is 1. The van der Waals surface area contributed by atoms with Crippen LogP contribution in [0.2, 0.25) is 0 Å². The molecule has 84 valence electrons. The molecule has 1 rings (SSSR count). The molecule has 3 heteroatoms. The average molecular weight is 201 g/mol. The topological polar surface area (TPSA) is 63.3 Å². The van der Waals surface area contributed by atoms with E-state index in [1.807, 2.05) is 0 Å². The molecule has 0 aliphatic heterocycles. The molecule has 3 N–H and O–H groups in total. The Balaban J connectivity index is 0.000000364. The molecule has 0 unspecified atom stereocenters. The molecule has 1 saturated carbocycles. The molecule has 0 radical (unpaired) electrons. The largest absolute Gasteiger partial charge is 0.481 e. The van der Waals surface area contributed by atoms with Gasteiger partial charge < -0.3 is 10.8 Å². The fourth-order valence-corrected chi connectivity index (χ4v) is 1.45. The lowest BCUT2D eigenvalue weighted by Crippen LogP contribution is -2.39. The van der Waals surface area contributed by atoms with Crippen molar-refractivity contribution in [1.29, 1.82) is 0 Å². The predicted molar refractivity (Wildman–Crippen MR) is 58.2 cm³/mol. The van der Waals surface area contributed by atoms with Gasteiger partial charge in [0.15, 0.2) is 0 Å². The summed E-state index contributed by atoms with van der Waals surface area (Å²) in [6.07, 6.45) is 6.03. The quantitative estimate of drug-likeness (QED) is 0.734. The van der Waals surface area contributed by atoms with Crippen molar-refractivity contribution < 1.29 is 9.90 Å². The van der Waals surface area contributed by atoms with Gasteiger partial charge in [-0.3, -0.25) is 4.79 Å². The Kier molecular flexibility index (Phi) is 6.54. The normalized spacial score (nSPS) is 17.6. The minimum atomic E-state index is -0.717. The summed E-state index contributed by atoms with van der Waals surface area (Å²) in [7, 11) is 0. The highest BCUT2D eigenvalue weighted by atomic mass is 16.4. The van der Waals surface area contributed by atoms with Crippen molar-refractivity contribution in [1.82, 2.24) is 0 Å². The summed E-state index contributed by atoms with van der Waals surface area (Å²) < 4.78 is 0. The maximum atomic E-state index is 10.3. The van der Waals surface area contributed by atoms with Gasteiger partial charge in [-0.1, -0.05) is 33.1 Å². The zero-order valence-electron chi connectivity index (χ0n) is 9.38. The fourth-order valence-electron chi connectivity index (χ4n) is 1.45. The third kappa shape index (κ3) is 4.61. The van der Waals surface area contributed by atoms with Crippen LogP contribution in [0.5, 0.6) is 0 Å². The Morgan fingerprint density at radius 2 is 1.86 bits per heavy atom. The van der Waals surface area contributed by atoms with Gasteiger partial charge in [-0.25, -0.2) is 0 Å². The van der Waals surface area contributed by atoms with Gasteiger partial charge in [0.2, 0.25) is 0 Å². The van der Waals surface area contributed by atoms with Crippen LogP contribution in [0.3, 0.4) is 0 Å². The molecule has 0 atom stereocenters. The number of hydrogen-bond acceptors (Lipinski definition) is 2. The highest BCUT2D eigenvalue weighted by Crippen LogP contribution is 2.42. The number of hydrogen-bond donors (Lipinski definition) is 2. The second-order valence-electron chi connectivity index (χ2n) is 4.13. The van der Waals surface area contributed by atoms with Gasteiger partial charge in [0.1, 0.15) is 0 Å². The van der Waals surface area contributed by atoms with E-state index in [-0.39, 0.29) is 11.8 Å². The lowest BCUT2D eigenvalue weighted by Gasteiger charge is -2.39. The van der Waals surface area contributed by atoms with Crippen LogP contribution in [0, 0.1) is 5.41 Å². The van der Waals surface area contributed by atoms with Crippen molar-refractivity contribution in [2.45, 2.75) is 52.4 Å². The number of carbonyl (C=O) groups is 1. The van der Waals surface area contributed by atoms with Crippen LogP contribution in [-0.2, 0) is 4.79 Å². The highest BCUT2D eigenvalue weighted by molar-refractivity contribution is 5.67. The van der Waals surface area contributed by atoms with Gasteiger partial charge in [-0.15, -0.1) is 0 Å². The first-order chi connectivity index (χ1) is 6.60. The van der Waals surface area contributed by atoms with Crippen molar-refractivity contribution in [2.75, 3.05) is 6.54 Å². The predicted octanol–water partition coefficient (Wildman–Crippen LogP) is 2.40. The molecule has 1 aliphatic carbocycles. The molecule has 0 aromatic rings. The first-order valence-corrected chi connectivity index (χ1v) is 5.52. The van der Waals surface area contributed by atoms with Crippen molar-refractivity contribution in [3.05, 3.63) is 0 Å². The zero-order chi connectivity index (χ0) is 11.0. The molecule has 0 aromatic carbocycles. The minimum absolute atomic E-state index is 0.0359. The van der Waals surface area contributed by atoms with Crippen LogP contribution in [0.4, 0.5) is 0 Å². The van der Waals surface area contributed by atoms with Gasteiger partial charge in [-0.05, 0) is 24.8 Å². The van der Waals surface area contributed by atoms with E-state index < -0.39 is 5.97 Å². The molecule has 1 aliphatic rings. The van der Waals surface area contributed by atoms with E-state index in [1.54, 1.807) is 0 Å². The standard InChI is InChI=1S/C7H13NO2.C4H10/c8-5-7(2-1-3-7)4-6(9)10;1-3-4-2/h1-5,8H2,(H,9,10);3-4H2,1-2H3. The van der Waals surface area contributed by atoms with Crippen molar-refractivity contribution in [2.24, 2.45) is 11.1 Å². The lowest BCUT2D eigenvalue weighted by atomic mass is 9.67. The summed E-state index contributed by atoms with van der Waals surface area (Å²) in [6.45, 7) is 4.89. The van der Waals surface area contributed by atoms with Gasteiger partial charge in [0.25, 0.3) is 0 Å². The number of carboxylic acids is 1. The number of unbranched alkanes of at least 4 members (excludes halogenated alkanes) is 1. The smallest absolute Gasteiger partial charge is 0.303 e. The summed E-state index contributed by atoms with van der Waals surface area (Å²) in [6, 6.07) is 0. The lowest BCUT2D eigenvalue weighted by molar-refractivity contribution is -0.141. The molecule has 14 heavy (non-hydrogen) atoms. The molecule has 3 nitrogen and oxygen atoms in total. The van der Waals surface area contributed by atoms with Crippen molar-refractivity contribution in [3.8, 4) is 0 Å². The SMILES string of the molecule is CCCC.NCC1(CC(=O)O)CCC1. The maximum Gasteiger partial charge on any atom is 0.303 e. The number of carboxylic acid groups (broad SMARTS) is 1. The van der Waals surface area contributed by atoms with E-state index in [0.717, 1.165) is 19.3 Å². The van der Waals surface area contributed by atoms with E-state index in [4.69, 9.17) is 10.8 Å². The minimum Gasteiger partial charge on any atom is -0.481 e. The third-order valence-electron chi connectivity index (χ3n) is 2.87. The molecule has 0 saturated heterocycles. The van der Waals surface area contributed by atoms with E-state index in [0.29, 0.717) is 6.54 Å². The summed E-state index contributed by atoms with van der Waals surface area (Å²) in [5.74, 6) is -0.717. The Labute approximate surface area is 86.7 Å². The first-order valence-electron chi connectivity index (χ1n) is 5.52. The Hall–Kier alpha value is -0.570. The van der Waals surface area contributed by atoms with Crippen LogP contribution < -0.4 is 5.73 Å². The van der Waals surface area contributed by atoms with Crippen LogP contribution in [-0.4, -0.2) is 17.6 Å². The zero-order valence-corrected chi connectivity index (χ0v) is 9.38. The average Bonchev–Trinajstić information content (AvgIpc) is 2.11. The Bertz CT molecular complexity index is 157. The van der Waals surface area contributed by atoms with E-state index in [1.165, 1.54) is 12.8 Å². The number of rotatable bonds is 4. The van der Waals surface area contributed by atoms with Gasteiger partial charge >= 0.3 is 5.97 Å². The first kappa shape index (κ1) is 13.4. The van der Waals surface area contributed by atoms with Gasteiger partial charge in [-0.2, -0.15) is 0 Å². The number of nitrogens with two attached hydrogens (primary N) is 1. The third-order valence-corrected chi connectivity index (χ3v) is 2.87. The molecule has 1 fully saturated rings. The fraction of sp³-hybridized carbons (Fsp3) is 0.909. The summed E-state index contributed by atoms with van der Waals surface area (Å²) in [4.78, 5) is 10.3. The van der Waals surface area contributed by atoms with Crippen LogP contribution >= 0.6 is 0 Å². The van der Waals surface area contributed by atoms with Gasteiger partial charge in [0, 0.05) is 0 Å². The van der Waals surface area contributed by atoms with Crippen molar-refractivity contribution >= 4 is 5.97 Å². The maximum absolute atomic E-state index is 10.3. The van der Waals surface area contributed by atoms with Gasteiger partial charge in [0.05, 0.1) is 6.42 Å². The molecule has 0 spiro atoms.